The Labute approximate surface area is 450 Å². The number of non-ortho nitro benzene ring substituents is 1. The second kappa shape index (κ2) is 23.1. The summed E-state index contributed by atoms with van der Waals surface area (Å²) in [7, 11) is 1.94. The van der Waals surface area contributed by atoms with Crippen LogP contribution in [0.1, 0.15) is 68.8 Å². The van der Waals surface area contributed by atoms with Crippen LogP contribution in [0.5, 0.6) is 5.75 Å². The number of nitro groups is 1. The van der Waals surface area contributed by atoms with E-state index in [1.165, 1.54) is 24.3 Å². The first-order valence-corrected chi connectivity index (χ1v) is 25.5. The number of morpholine rings is 1. The molecule has 3 aliphatic heterocycles. The fourth-order valence-electron chi connectivity index (χ4n) is 11.2. The number of carbonyl (C=O) groups is 4. The fourth-order valence-corrected chi connectivity index (χ4v) is 11.2. The number of imide groups is 1. The van der Waals surface area contributed by atoms with Gasteiger partial charge < -0.3 is 29.7 Å². The lowest BCUT2D eigenvalue weighted by molar-refractivity contribution is -0.384. The Kier molecular flexibility index (Phi) is 15.5. The van der Waals surface area contributed by atoms with Gasteiger partial charge >= 0.3 is 12.1 Å². The van der Waals surface area contributed by atoms with E-state index in [1.54, 1.807) is 72.8 Å². The number of fused-ring (bicyclic) bond motifs is 3. The molecule has 3 aliphatic rings. The summed E-state index contributed by atoms with van der Waals surface area (Å²) < 4.78 is 18.5. The van der Waals surface area contributed by atoms with Gasteiger partial charge in [-0.25, -0.2) is 9.69 Å². The van der Waals surface area contributed by atoms with E-state index >= 15 is 19.2 Å². The molecule has 7 atom stereocenters. The van der Waals surface area contributed by atoms with Crippen molar-refractivity contribution in [3.8, 4) is 17.6 Å². The van der Waals surface area contributed by atoms with Crippen LogP contribution < -0.4 is 15.0 Å². The highest BCUT2D eigenvalue weighted by atomic mass is 16.6. The standard InChI is InChI=1S/C62H55N5O11/c1-64(39-42-16-6-2-7-17-42)33-15-18-41-29-32-51-50(36-41)62(60(72)65(51)61(73)77-40-43-27-30-48(31-28-43)67(74)75)53(58(70)63-38-52(69)44-19-8-3-9-20-44)55-59(71)78-56(46-23-12-5-13-24-46)54(45-21-10-4-11-22-45)66(55)57(62)47-25-14-26-49(37-47)76-35-34-68/h2-14,16-17,19-32,36-37,52-57,68-69H,33-35,38-40H2,1H3,(H,63,70)/t52-,53+,54+,55+,56-,57-,62+/m0/s1. The zero-order valence-corrected chi connectivity index (χ0v) is 42.5. The number of nitrogens with one attached hydrogen (secondary N) is 1. The van der Waals surface area contributed by atoms with E-state index in [0.29, 0.717) is 52.2 Å². The molecule has 0 aliphatic carbocycles. The van der Waals surface area contributed by atoms with Gasteiger partial charge in [-0.05, 0) is 88.5 Å². The fraction of sp³-hybridized carbons (Fsp3) is 0.226. The number of nitro benzene ring substituents is 1. The summed E-state index contributed by atoms with van der Waals surface area (Å²) in [5, 5.41) is 35.9. The molecule has 16 heteroatoms. The molecule has 0 bridgehead atoms. The van der Waals surface area contributed by atoms with E-state index in [1.807, 2.05) is 108 Å². The van der Waals surface area contributed by atoms with Crippen LogP contribution in [0, 0.1) is 27.9 Å². The predicted octanol–water partition coefficient (Wildman–Crippen LogP) is 8.30. The lowest BCUT2D eigenvalue weighted by Crippen LogP contribution is -2.56. The van der Waals surface area contributed by atoms with Crippen LogP contribution >= 0.6 is 0 Å². The topological polar surface area (TPSA) is 201 Å². The molecule has 10 rings (SSSR count). The number of amides is 3. The number of carbonyl (C=O) groups excluding carboxylic acids is 4. The molecule has 7 aromatic rings. The molecular weight excluding hydrogens is 991 g/mol. The number of nitrogens with zero attached hydrogens (tertiary/aromatic N) is 4. The van der Waals surface area contributed by atoms with Crippen molar-refractivity contribution in [2.75, 3.05) is 38.3 Å². The maximum absolute atomic E-state index is 16.7. The quantitative estimate of drug-likeness (QED) is 0.0362. The summed E-state index contributed by atoms with van der Waals surface area (Å²) in [4.78, 5) is 79.0. The van der Waals surface area contributed by atoms with Gasteiger partial charge in [-0.1, -0.05) is 145 Å². The van der Waals surface area contributed by atoms with Crippen molar-refractivity contribution in [2.24, 2.45) is 5.92 Å². The molecule has 0 aromatic heterocycles. The van der Waals surface area contributed by atoms with Crippen LogP contribution in [-0.4, -0.2) is 88.2 Å². The van der Waals surface area contributed by atoms with Crippen molar-refractivity contribution >= 4 is 35.3 Å². The van der Waals surface area contributed by atoms with Gasteiger partial charge in [-0.2, -0.15) is 0 Å². The first-order valence-electron chi connectivity index (χ1n) is 25.5. The average molecular weight is 1050 g/mol. The molecule has 2 fully saturated rings. The predicted molar refractivity (Wildman–Crippen MR) is 288 cm³/mol. The van der Waals surface area contributed by atoms with E-state index in [9.17, 15) is 20.3 Å². The number of hydrogen-bond acceptors (Lipinski definition) is 13. The Morgan fingerprint density at radius 2 is 1.45 bits per heavy atom. The van der Waals surface area contributed by atoms with Crippen LogP contribution in [0.25, 0.3) is 0 Å². The normalized spacial score (nSPS) is 20.7. The number of hydrogen-bond donors (Lipinski definition) is 3. The van der Waals surface area contributed by atoms with Gasteiger partial charge in [0.15, 0.2) is 0 Å². The van der Waals surface area contributed by atoms with E-state index < -0.39 is 77.1 Å². The minimum atomic E-state index is -2.21. The van der Waals surface area contributed by atoms with Gasteiger partial charge in [0, 0.05) is 30.8 Å². The molecule has 78 heavy (non-hydrogen) atoms. The molecule has 2 saturated heterocycles. The molecule has 394 valence electrons. The van der Waals surface area contributed by atoms with Crippen LogP contribution in [-0.2, 0) is 42.4 Å². The summed E-state index contributed by atoms with van der Waals surface area (Å²) in [6, 6.07) is 50.7. The van der Waals surface area contributed by atoms with E-state index in [2.05, 4.69) is 17.2 Å². The molecule has 3 heterocycles. The summed E-state index contributed by atoms with van der Waals surface area (Å²) in [6.45, 7) is -0.144. The Morgan fingerprint density at radius 1 is 0.795 bits per heavy atom. The van der Waals surface area contributed by atoms with Crippen LogP contribution in [0.2, 0.25) is 0 Å². The molecule has 3 N–H and O–H groups in total. The number of cyclic esters (lactones) is 1. The highest BCUT2D eigenvalue weighted by Crippen LogP contribution is 2.66. The largest absolute Gasteiger partial charge is 0.491 e. The first kappa shape index (κ1) is 52.5. The molecule has 0 radical (unpaired) electrons. The monoisotopic (exact) mass is 1050 g/mol. The maximum Gasteiger partial charge on any atom is 0.421 e. The van der Waals surface area contributed by atoms with Crippen molar-refractivity contribution in [2.45, 2.75) is 48.9 Å². The van der Waals surface area contributed by atoms with E-state index in [0.717, 1.165) is 10.5 Å². The zero-order valence-electron chi connectivity index (χ0n) is 42.5. The second-order valence-electron chi connectivity index (χ2n) is 19.4. The zero-order chi connectivity index (χ0) is 54.3. The van der Waals surface area contributed by atoms with Gasteiger partial charge in [0.1, 0.15) is 36.5 Å². The summed E-state index contributed by atoms with van der Waals surface area (Å²) in [5.74, 6) is 2.64. The SMILES string of the molecule is CN(CC#Cc1ccc2c(c1)[C@]1(C(=O)N2C(=O)OCc2ccc([N+](=O)[O-])cc2)[C@H](c2cccc(OCCO)c2)N2[C@H](c3ccccc3)[C@H](c3ccccc3)OC(=O)[C@H]2[C@@H]1C(=O)NC[C@H](O)c1ccccc1)Cc1ccccc1. The molecule has 7 aromatic carbocycles. The lowest BCUT2D eigenvalue weighted by atomic mass is 9.65. The number of aliphatic hydroxyl groups is 2. The number of anilines is 1. The van der Waals surface area contributed by atoms with Crippen molar-refractivity contribution in [3.05, 3.63) is 243 Å². The first-order chi connectivity index (χ1) is 38.0. The number of esters is 1. The molecule has 3 amide bonds. The third-order valence-electron chi connectivity index (χ3n) is 14.5. The molecule has 16 nitrogen and oxygen atoms in total. The molecule has 1 spiro atoms. The van der Waals surface area contributed by atoms with Crippen LogP contribution in [0.4, 0.5) is 16.2 Å². The number of ether oxygens (including phenoxy) is 3. The summed E-state index contributed by atoms with van der Waals surface area (Å²) >= 11 is 0. The Bertz CT molecular complexity index is 3380. The maximum atomic E-state index is 16.7. The van der Waals surface area contributed by atoms with Crippen molar-refractivity contribution in [1.29, 1.82) is 0 Å². The minimum absolute atomic E-state index is 0.0596. The Hall–Kier alpha value is -8.98. The van der Waals surface area contributed by atoms with Crippen molar-refractivity contribution < 1.29 is 48.5 Å². The van der Waals surface area contributed by atoms with Crippen LogP contribution in [0.3, 0.4) is 0 Å². The highest BCUT2D eigenvalue weighted by Gasteiger charge is 2.76. The van der Waals surface area contributed by atoms with Crippen LogP contribution in [0.15, 0.2) is 188 Å². The van der Waals surface area contributed by atoms with Gasteiger partial charge in [0.2, 0.25) is 11.8 Å². The summed E-state index contributed by atoms with van der Waals surface area (Å²) in [5.41, 5.74) is 2.02. The Balaban J connectivity index is 1.20. The van der Waals surface area contributed by atoms with Gasteiger partial charge in [-0.15, -0.1) is 0 Å². The third kappa shape index (κ3) is 10.3. The molecule has 0 unspecified atom stereocenters. The molecule has 0 saturated carbocycles. The van der Waals surface area contributed by atoms with Gasteiger partial charge in [-0.3, -0.25) is 34.3 Å². The minimum Gasteiger partial charge on any atom is -0.491 e. The van der Waals surface area contributed by atoms with E-state index in [4.69, 9.17) is 14.2 Å². The second-order valence-corrected chi connectivity index (χ2v) is 19.4. The average Bonchev–Trinajstić information content (AvgIpc) is 3.03. The Morgan fingerprint density at radius 3 is 2.13 bits per heavy atom. The lowest BCUT2D eigenvalue weighted by Gasteiger charge is -2.46. The van der Waals surface area contributed by atoms with Crippen molar-refractivity contribution in [1.82, 2.24) is 15.1 Å². The van der Waals surface area contributed by atoms with Crippen molar-refractivity contribution in [3.63, 3.8) is 0 Å². The number of aliphatic hydroxyl groups excluding tert-OH is 2. The molecular formula is C62H55N5O11. The highest BCUT2D eigenvalue weighted by molar-refractivity contribution is 6.23. The van der Waals surface area contributed by atoms with Gasteiger partial charge in [0.05, 0.1) is 47.9 Å². The smallest absolute Gasteiger partial charge is 0.421 e. The third-order valence-corrected chi connectivity index (χ3v) is 14.5. The van der Waals surface area contributed by atoms with Gasteiger partial charge in [0.25, 0.3) is 5.69 Å². The number of benzene rings is 7. The van der Waals surface area contributed by atoms with E-state index in [-0.39, 0.29) is 36.7 Å². The number of rotatable bonds is 16. The summed E-state index contributed by atoms with van der Waals surface area (Å²) in [6.07, 6.45) is -3.34.